The van der Waals surface area contributed by atoms with Gasteiger partial charge in [0.1, 0.15) is 5.75 Å². The molecular formula is C68H134O9. The van der Waals surface area contributed by atoms with Gasteiger partial charge < -0.3 is 42.6 Å². The molecule has 2 saturated carbocycles. The molecule has 2 unspecified atom stereocenters. The highest BCUT2D eigenvalue weighted by Crippen LogP contribution is 2.22. The molecule has 460 valence electrons. The van der Waals surface area contributed by atoms with E-state index in [1.165, 1.54) is 76.2 Å². The lowest BCUT2D eigenvalue weighted by Crippen LogP contribution is -2.20. The summed E-state index contributed by atoms with van der Waals surface area (Å²) < 4.78 is 48.3. The first-order chi connectivity index (χ1) is 36.2. The van der Waals surface area contributed by atoms with Crippen LogP contribution in [0.1, 0.15) is 268 Å². The third kappa shape index (κ3) is 78.2. The fourth-order valence-electron chi connectivity index (χ4n) is 6.64. The van der Waals surface area contributed by atoms with E-state index in [0.717, 1.165) is 64.5 Å². The minimum atomic E-state index is 0.0417. The second-order valence-corrected chi connectivity index (χ2v) is 23.2. The summed E-state index contributed by atoms with van der Waals surface area (Å²) in [6, 6.07) is 20.0. The van der Waals surface area contributed by atoms with Crippen molar-refractivity contribution < 1.29 is 42.6 Å². The van der Waals surface area contributed by atoms with Gasteiger partial charge in [-0.2, -0.15) is 0 Å². The predicted molar refractivity (Wildman–Crippen MR) is 336 cm³/mol. The number of ether oxygens (including phenoxy) is 9. The Morgan fingerprint density at radius 1 is 0.442 bits per heavy atom. The van der Waals surface area contributed by atoms with Crippen LogP contribution in [0.15, 0.2) is 60.7 Å². The molecule has 0 radical (unpaired) electrons. The number of hydrogen-bond donors (Lipinski definition) is 0. The lowest BCUT2D eigenvalue weighted by Gasteiger charge is -2.23. The van der Waals surface area contributed by atoms with Gasteiger partial charge in [0.05, 0.1) is 72.7 Å². The van der Waals surface area contributed by atoms with Gasteiger partial charge in [0.25, 0.3) is 0 Å². The van der Waals surface area contributed by atoms with Gasteiger partial charge in [-0.15, -0.1) is 0 Å². The Bertz CT molecular complexity index is 1360. The molecule has 0 saturated heterocycles. The van der Waals surface area contributed by atoms with Crippen LogP contribution in [0.3, 0.4) is 0 Å². The van der Waals surface area contributed by atoms with Crippen LogP contribution < -0.4 is 4.74 Å². The molecule has 2 fully saturated rings. The fourth-order valence-corrected chi connectivity index (χ4v) is 6.64. The largest absolute Gasteiger partial charge is 0.491 e. The molecule has 4 rings (SSSR count). The minimum Gasteiger partial charge on any atom is -0.491 e. The predicted octanol–water partition coefficient (Wildman–Crippen LogP) is 20.1. The Labute approximate surface area is 481 Å². The number of methoxy groups -OCH3 is 1. The molecule has 9 heteroatoms. The summed E-state index contributed by atoms with van der Waals surface area (Å²) in [5.74, 6) is 0.942. The molecule has 0 amide bonds. The Morgan fingerprint density at radius 3 is 1.13 bits per heavy atom. The topological polar surface area (TPSA) is 83.1 Å². The van der Waals surface area contributed by atoms with Crippen molar-refractivity contribution in [1.82, 2.24) is 0 Å². The summed E-state index contributed by atoms with van der Waals surface area (Å²) in [6.07, 6.45) is 22.9. The lowest BCUT2D eigenvalue weighted by atomic mass is 9.98. The van der Waals surface area contributed by atoms with Crippen molar-refractivity contribution in [2.45, 2.75) is 335 Å². The van der Waals surface area contributed by atoms with Crippen molar-refractivity contribution in [2.75, 3.05) is 33.5 Å². The van der Waals surface area contributed by atoms with E-state index in [9.17, 15) is 0 Å². The summed E-state index contributed by atoms with van der Waals surface area (Å²) in [5, 5.41) is 0. The second-order valence-electron chi connectivity index (χ2n) is 23.2. The SMILES string of the molecule is CC(C)OC1CCCC1.CC(C)OC1CCCCC1.CC(C)OCc1ccccc1.CC(C)Oc1ccccc1.CCCOC(C)C.CCCOC(C)CC.CCCOC(C)CCC.CCOC(C)(C)C.COC(C)(C)C. The molecule has 0 spiro atoms. The Hall–Kier alpha value is -2.08. The van der Waals surface area contributed by atoms with Crippen LogP contribution in [-0.4, -0.2) is 99.7 Å². The van der Waals surface area contributed by atoms with E-state index in [-0.39, 0.29) is 17.3 Å². The van der Waals surface area contributed by atoms with E-state index in [4.69, 9.17) is 42.6 Å². The average molecular weight is 1100 g/mol. The average Bonchev–Trinajstić information content (AvgIpc) is 3.88. The van der Waals surface area contributed by atoms with E-state index < -0.39 is 0 Å². The van der Waals surface area contributed by atoms with E-state index in [0.29, 0.717) is 48.8 Å². The van der Waals surface area contributed by atoms with Gasteiger partial charge in [-0.1, -0.05) is 122 Å². The molecule has 0 aromatic heterocycles. The molecule has 2 atom stereocenters. The zero-order valence-corrected chi connectivity index (χ0v) is 55.8. The van der Waals surface area contributed by atoms with Crippen LogP contribution in [0.25, 0.3) is 0 Å². The molecule has 2 aromatic carbocycles. The summed E-state index contributed by atoms with van der Waals surface area (Å²) >= 11 is 0. The first-order valence-corrected chi connectivity index (χ1v) is 30.9. The van der Waals surface area contributed by atoms with Gasteiger partial charge >= 0.3 is 0 Å². The molecule has 0 heterocycles. The van der Waals surface area contributed by atoms with Crippen molar-refractivity contribution in [1.29, 1.82) is 0 Å². The molecule has 77 heavy (non-hydrogen) atoms. The highest BCUT2D eigenvalue weighted by atomic mass is 16.5. The maximum Gasteiger partial charge on any atom is 0.119 e. The summed E-state index contributed by atoms with van der Waals surface area (Å²) in [4.78, 5) is 0. The van der Waals surface area contributed by atoms with Crippen LogP contribution >= 0.6 is 0 Å². The first-order valence-electron chi connectivity index (χ1n) is 30.9. The van der Waals surface area contributed by atoms with Gasteiger partial charge in [-0.05, 0) is 207 Å². The van der Waals surface area contributed by atoms with Gasteiger partial charge in [0, 0.05) is 33.5 Å². The smallest absolute Gasteiger partial charge is 0.119 e. The van der Waals surface area contributed by atoms with Gasteiger partial charge in [0.15, 0.2) is 0 Å². The van der Waals surface area contributed by atoms with E-state index in [1.807, 2.05) is 104 Å². The van der Waals surface area contributed by atoms with E-state index >= 15 is 0 Å². The molecule has 0 bridgehead atoms. The zero-order chi connectivity index (χ0) is 59.9. The number of hydrogen-bond acceptors (Lipinski definition) is 9. The standard InChI is InChI=1S/C10H14O.C9H18O.C9H12O.C8H16O.C8H18O.C7H16O.2C6H14O.C5H12O/c1-9(2)11-8-10-6-4-3-5-7-10;2*1-8(2)10-9-6-4-3-5-7-9;1-7(2)9-8-5-3-4-6-8;1-4-6-8(3)9-7-5-2;1-4-6-8-7(3)5-2;1-5-7-6(2,3)4;1-4-5-7-6(2)3;1-5(2,3)6-4/h3-7,9H,8H2,1-2H3;8-9H,3-7H2,1-2H3;3-8H,1-2H3;7-8H,3-6H2,1-2H3;8H,4-7H2,1-3H3;7H,4-6H2,1-3H3;5H2,1-4H3;6H,4-5H2,1-3H3;1-4H3. The Balaban J connectivity index is -0.000000254. The van der Waals surface area contributed by atoms with E-state index in [1.54, 1.807) is 7.11 Å². The number of rotatable bonds is 22. The molecule has 2 aromatic rings. The molecule has 0 aliphatic heterocycles. The Morgan fingerprint density at radius 2 is 0.831 bits per heavy atom. The van der Waals surface area contributed by atoms with Crippen molar-refractivity contribution in [2.24, 2.45) is 0 Å². The maximum atomic E-state index is 5.69. The van der Waals surface area contributed by atoms with Crippen molar-refractivity contribution in [3.63, 3.8) is 0 Å². The van der Waals surface area contributed by atoms with Crippen molar-refractivity contribution >= 4 is 0 Å². The number of para-hydroxylation sites is 1. The second kappa shape index (κ2) is 58.6. The van der Waals surface area contributed by atoms with Crippen LogP contribution in [0.2, 0.25) is 0 Å². The first kappa shape index (κ1) is 83.7. The normalized spacial score (nSPS) is 14.2. The summed E-state index contributed by atoms with van der Waals surface area (Å²) in [7, 11) is 1.71. The molecule has 2 aliphatic carbocycles. The lowest BCUT2D eigenvalue weighted by molar-refractivity contribution is -0.0118. The monoisotopic (exact) mass is 1100 g/mol. The molecular weight excluding hydrogens is 961 g/mol. The fraction of sp³-hybridized carbons (Fsp3) is 0.824. The highest BCUT2D eigenvalue weighted by molar-refractivity contribution is 5.21. The molecule has 9 nitrogen and oxygen atoms in total. The van der Waals surface area contributed by atoms with Crippen LogP contribution in [-0.2, 0) is 44.5 Å². The maximum absolute atomic E-state index is 5.69. The van der Waals surface area contributed by atoms with Gasteiger partial charge in [-0.25, -0.2) is 0 Å². The molecule has 2 aliphatic rings. The van der Waals surface area contributed by atoms with Crippen molar-refractivity contribution in [3.05, 3.63) is 66.2 Å². The summed E-state index contributed by atoms with van der Waals surface area (Å²) in [6.45, 7) is 54.1. The van der Waals surface area contributed by atoms with Crippen LogP contribution in [0, 0.1) is 0 Å². The van der Waals surface area contributed by atoms with Crippen LogP contribution in [0.4, 0.5) is 0 Å². The van der Waals surface area contributed by atoms with Gasteiger partial charge in [0.2, 0.25) is 0 Å². The van der Waals surface area contributed by atoms with Crippen molar-refractivity contribution in [3.8, 4) is 5.75 Å². The minimum absolute atomic E-state index is 0.0417. The number of benzene rings is 2. The van der Waals surface area contributed by atoms with E-state index in [2.05, 4.69) is 123 Å². The highest BCUT2D eigenvalue weighted by Gasteiger charge is 2.16. The van der Waals surface area contributed by atoms with Gasteiger partial charge in [-0.3, -0.25) is 0 Å². The zero-order valence-electron chi connectivity index (χ0n) is 55.8. The third-order valence-corrected chi connectivity index (χ3v) is 10.7. The molecule has 0 N–H and O–H groups in total. The quantitative estimate of drug-likeness (QED) is 0.114. The third-order valence-electron chi connectivity index (χ3n) is 10.7. The Kier molecular flexibility index (Phi) is 63.7. The van der Waals surface area contributed by atoms with Crippen LogP contribution in [0.5, 0.6) is 5.75 Å². The summed E-state index contributed by atoms with van der Waals surface area (Å²) in [5.41, 5.74) is 1.33.